The lowest BCUT2D eigenvalue weighted by atomic mass is 9.48. The summed E-state index contributed by atoms with van der Waals surface area (Å²) in [6, 6.07) is 0. The smallest absolute Gasteiger partial charge is 0.0675 e. The quantitative estimate of drug-likeness (QED) is 0.659. The maximum absolute atomic E-state index is 11.0. The van der Waals surface area contributed by atoms with E-state index in [0.29, 0.717) is 0 Å². The maximum Gasteiger partial charge on any atom is 0.0675 e. The van der Waals surface area contributed by atoms with E-state index in [1.807, 2.05) is 0 Å². The van der Waals surface area contributed by atoms with Gasteiger partial charge in [-0.1, -0.05) is 37.6 Å². The SMILES string of the molecule is C=C1C=C2C[C@@H](C)[C@@H]3[C@H](CC[C@@]4(C)[C@H]3CC[C@@]4(C)O)[C@H]2CC1. The van der Waals surface area contributed by atoms with Crippen LogP contribution in [0.3, 0.4) is 0 Å². The zero-order chi connectivity index (χ0) is 15.7. The first-order chi connectivity index (χ1) is 10.3. The highest BCUT2D eigenvalue weighted by molar-refractivity contribution is 5.30. The van der Waals surface area contributed by atoms with E-state index in [-0.39, 0.29) is 5.41 Å². The summed E-state index contributed by atoms with van der Waals surface area (Å²) in [7, 11) is 0. The van der Waals surface area contributed by atoms with Crippen molar-refractivity contribution in [3.8, 4) is 0 Å². The first kappa shape index (κ1) is 15.0. The monoisotopic (exact) mass is 300 g/mol. The molecule has 1 heteroatoms. The Kier molecular flexibility index (Phi) is 3.22. The molecule has 1 nitrogen and oxygen atoms in total. The largest absolute Gasteiger partial charge is 0.390 e. The van der Waals surface area contributed by atoms with Crippen molar-refractivity contribution < 1.29 is 5.11 Å². The third kappa shape index (κ3) is 1.87. The maximum atomic E-state index is 11.0. The van der Waals surface area contributed by atoms with Crippen LogP contribution in [0.2, 0.25) is 0 Å². The summed E-state index contributed by atoms with van der Waals surface area (Å²) in [6.45, 7) is 11.2. The lowest BCUT2D eigenvalue weighted by Crippen LogP contribution is -2.53. The van der Waals surface area contributed by atoms with Crippen LogP contribution >= 0.6 is 0 Å². The van der Waals surface area contributed by atoms with Crippen LogP contribution in [0, 0.1) is 35.0 Å². The van der Waals surface area contributed by atoms with Crippen molar-refractivity contribution in [1.29, 1.82) is 0 Å². The molecule has 0 spiro atoms. The van der Waals surface area contributed by atoms with E-state index in [0.717, 1.165) is 36.0 Å². The predicted octanol–water partition coefficient (Wildman–Crippen LogP) is 5.11. The molecule has 3 fully saturated rings. The number of fused-ring (bicyclic) bond motifs is 5. The molecule has 4 aliphatic carbocycles. The van der Waals surface area contributed by atoms with Crippen molar-refractivity contribution in [2.45, 2.75) is 71.3 Å². The van der Waals surface area contributed by atoms with Gasteiger partial charge in [-0.3, -0.25) is 0 Å². The second-order valence-electron chi connectivity index (χ2n) is 9.32. The van der Waals surface area contributed by atoms with Gasteiger partial charge in [0.1, 0.15) is 0 Å². The van der Waals surface area contributed by atoms with Gasteiger partial charge in [-0.2, -0.15) is 0 Å². The highest BCUT2D eigenvalue weighted by atomic mass is 16.3. The van der Waals surface area contributed by atoms with E-state index >= 15 is 0 Å². The molecule has 0 unspecified atom stereocenters. The molecule has 0 saturated heterocycles. The highest BCUT2D eigenvalue weighted by Crippen LogP contribution is 2.65. The van der Waals surface area contributed by atoms with Crippen molar-refractivity contribution in [2.75, 3.05) is 0 Å². The van der Waals surface area contributed by atoms with E-state index in [1.54, 1.807) is 5.57 Å². The zero-order valence-electron chi connectivity index (χ0n) is 14.6. The van der Waals surface area contributed by atoms with Gasteiger partial charge in [-0.25, -0.2) is 0 Å². The van der Waals surface area contributed by atoms with Gasteiger partial charge in [-0.05, 0) is 86.9 Å². The molecule has 122 valence electrons. The Morgan fingerprint density at radius 2 is 1.95 bits per heavy atom. The lowest BCUT2D eigenvalue weighted by molar-refractivity contribution is -0.116. The second-order valence-corrected chi connectivity index (χ2v) is 9.32. The average molecular weight is 300 g/mol. The van der Waals surface area contributed by atoms with Crippen LogP contribution in [0.5, 0.6) is 0 Å². The van der Waals surface area contributed by atoms with E-state index in [2.05, 4.69) is 33.4 Å². The number of hydrogen-bond donors (Lipinski definition) is 1. The molecule has 0 aromatic heterocycles. The molecule has 0 heterocycles. The molecule has 4 rings (SSSR count). The van der Waals surface area contributed by atoms with Crippen molar-refractivity contribution in [3.63, 3.8) is 0 Å². The van der Waals surface area contributed by atoms with Gasteiger partial charge in [0.05, 0.1) is 5.60 Å². The number of rotatable bonds is 0. The molecule has 7 atom stereocenters. The van der Waals surface area contributed by atoms with Crippen molar-refractivity contribution in [1.82, 2.24) is 0 Å². The first-order valence-corrected chi connectivity index (χ1v) is 9.44. The fourth-order valence-corrected chi connectivity index (χ4v) is 6.93. The van der Waals surface area contributed by atoms with Gasteiger partial charge in [0.2, 0.25) is 0 Å². The second kappa shape index (κ2) is 4.72. The van der Waals surface area contributed by atoms with Crippen molar-refractivity contribution >= 4 is 0 Å². The van der Waals surface area contributed by atoms with Crippen LogP contribution in [-0.2, 0) is 0 Å². The predicted molar refractivity (Wildman–Crippen MR) is 91.4 cm³/mol. The zero-order valence-corrected chi connectivity index (χ0v) is 14.6. The van der Waals surface area contributed by atoms with Gasteiger partial charge in [0.25, 0.3) is 0 Å². The Labute approximate surface area is 135 Å². The Balaban J connectivity index is 1.69. The third-order valence-electron chi connectivity index (χ3n) is 8.32. The fraction of sp³-hybridized carbons (Fsp3) is 0.810. The molecule has 0 aromatic carbocycles. The molecule has 0 radical (unpaired) electrons. The summed E-state index contributed by atoms with van der Waals surface area (Å²) in [6.07, 6.45) is 11.0. The highest BCUT2D eigenvalue weighted by Gasteiger charge is 2.61. The number of allylic oxidation sites excluding steroid dienone is 3. The van der Waals surface area contributed by atoms with Crippen LogP contribution in [0.4, 0.5) is 0 Å². The first-order valence-electron chi connectivity index (χ1n) is 9.44. The normalized spacial score (nSPS) is 54.3. The molecule has 1 N–H and O–H groups in total. The van der Waals surface area contributed by atoms with E-state index in [4.69, 9.17) is 0 Å². The van der Waals surface area contributed by atoms with Gasteiger partial charge in [0, 0.05) is 0 Å². The third-order valence-corrected chi connectivity index (χ3v) is 8.32. The molecular formula is C21H32O. The molecule has 0 amide bonds. The molecule has 0 aliphatic heterocycles. The van der Waals surface area contributed by atoms with Crippen LogP contribution in [-0.4, -0.2) is 10.7 Å². The molecule has 0 bridgehead atoms. The van der Waals surface area contributed by atoms with Gasteiger partial charge >= 0.3 is 0 Å². The number of hydrogen-bond acceptors (Lipinski definition) is 1. The van der Waals surface area contributed by atoms with Gasteiger partial charge in [-0.15, -0.1) is 0 Å². The van der Waals surface area contributed by atoms with Gasteiger partial charge in [0.15, 0.2) is 0 Å². The summed E-state index contributed by atoms with van der Waals surface area (Å²) in [5.74, 6) is 4.04. The lowest BCUT2D eigenvalue weighted by Gasteiger charge is -2.57. The average Bonchev–Trinajstić information content (AvgIpc) is 2.69. The topological polar surface area (TPSA) is 20.2 Å². The minimum absolute atomic E-state index is 0.155. The molecule has 0 aromatic rings. The Morgan fingerprint density at radius 1 is 1.18 bits per heavy atom. The van der Waals surface area contributed by atoms with Crippen LogP contribution in [0.25, 0.3) is 0 Å². The molecular weight excluding hydrogens is 268 g/mol. The summed E-state index contributed by atoms with van der Waals surface area (Å²) < 4.78 is 0. The van der Waals surface area contributed by atoms with E-state index < -0.39 is 5.60 Å². The van der Waals surface area contributed by atoms with Crippen molar-refractivity contribution in [3.05, 3.63) is 23.8 Å². The Morgan fingerprint density at radius 3 is 2.73 bits per heavy atom. The summed E-state index contributed by atoms with van der Waals surface area (Å²) >= 11 is 0. The minimum Gasteiger partial charge on any atom is -0.390 e. The van der Waals surface area contributed by atoms with Crippen molar-refractivity contribution in [2.24, 2.45) is 35.0 Å². The molecule has 4 aliphatic rings. The molecule has 22 heavy (non-hydrogen) atoms. The van der Waals surface area contributed by atoms with E-state index in [1.165, 1.54) is 44.1 Å². The number of aliphatic hydroxyl groups is 1. The summed E-state index contributed by atoms with van der Waals surface area (Å²) in [5.41, 5.74) is 2.76. The van der Waals surface area contributed by atoms with Crippen LogP contribution in [0.1, 0.15) is 65.7 Å². The summed E-state index contributed by atoms with van der Waals surface area (Å²) in [5, 5.41) is 11.0. The van der Waals surface area contributed by atoms with E-state index in [9.17, 15) is 5.11 Å². The Hall–Kier alpha value is -0.560. The summed E-state index contributed by atoms with van der Waals surface area (Å²) in [4.78, 5) is 0. The fourth-order valence-electron chi connectivity index (χ4n) is 6.93. The Bertz CT molecular complexity index is 528. The minimum atomic E-state index is -0.445. The standard InChI is InChI=1S/C21H32O/c1-13-5-6-16-15(11-13)12-14(2)19-17(16)7-9-20(3)18(19)8-10-21(20,4)22/h11,14,16-19,22H,1,5-10,12H2,2-4H3/t14-,16+,17-,18+,19-,20+,21-/m1/s1. The molecule has 3 saturated carbocycles. The van der Waals surface area contributed by atoms with Crippen LogP contribution in [0.15, 0.2) is 23.8 Å². The van der Waals surface area contributed by atoms with Gasteiger partial charge < -0.3 is 5.11 Å². The van der Waals surface area contributed by atoms with Crippen LogP contribution < -0.4 is 0 Å².